The van der Waals surface area contributed by atoms with Crippen LogP contribution in [0.1, 0.15) is 27.0 Å². The van der Waals surface area contributed by atoms with E-state index in [1.54, 1.807) is 66.7 Å². The van der Waals surface area contributed by atoms with Gasteiger partial charge in [0.1, 0.15) is 23.2 Å². The molecule has 0 bridgehead atoms. The van der Waals surface area contributed by atoms with Crippen LogP contribution in [0.3, 0.4) is 0 Å². The lowest BCUT2D eigenvalue weighted by atomic mass is 9.80. The number of rotatable bonds is 14. The van der Waals surface area contributed by atoms with Gasteiger partial charge >= 0.3 is 13.9 Å². The predicted octanol–water partition coefficient (Wildman–Crippen LogP) is 3.87. The Balaban J connectivity index is 1.57. The highest BCUT2D eigenvalue weighted by Gasteiger charge is 2.73. The Morgan fingerprint density at radius 1 is 0.830 bits per heavy atom. The average molecular weight is 744 g/mol. The number of ketones is 1. The van der Waals surface area contributed by atoms with E-state index in [9.17, 15) is 28.9 Å². The highest BCUT2D eigenvalue weighted by molar-refractivity contribution is 7.32. The number of benzene rings is 4. The molecule has 53 heavy (non-hydrogen) atoms. The molecule has 0 spiro atoms. The van der Waals surface area contributed by atoms with Gasteiger partial charge in [0, 0.05) is 29.5 Å². The van der Waals surface area contributed by atoms with Gasteiger partial charge in [-0.1, -0.05) is 89.5 Å². The summed E-state index contributed by atoms with van der Waals surface area (Å²) >= 11 is 0. The van der Waals surface area contributed by atoms with E-state index in [2.05, 4.69) is 4.98 Å². The Labute approximate surface area is 304 Å². The van der Waals surface area contributed by atoms with Gasteiger partial charge in [-0.15, -0.1) is 4.89 Å². The number of nitrogens with zero attached hydrogens (tertiary/aromatic N) is 1. The molecule has 5 atom stereocenters. The SMILES string of the molecule is COc1ccc(C(OC[C@H]2O[C@@](C(=O)c3ccccc3)(n3ccc(=O)[nH]c3=O)[C@H](OC)[C@@]2(O)O[P+](=O)O)(c2ccccc2)c2ccc(OC)cc2)cc1. The third kappa shape index (κ3) is 6.73. The number of hydrogen-bond donors (Lipinski definition) is 3. The Kier molecular flexibility index (Phi) is 10.8. The van der Waals surface area contributed by atoms with Gasteiger partial charge in [0.2, 0.25) is 11.5 Å². The molecule has 1 aliphatic rings. The second-order valence-electron chi connectivity index (χ2n) is 12.0. The highest BCUT2D eigenvalue weighted by Crippen LogP contribution is 2.50. The third-order valence-corrected chi connectivity index (χ3v) is 9.59. The van der Waals surface area contributed by atoms with Crippen LogP contribution in [0, 0.1) is 0 Å². The van der Waals surface area contributed by atoms with Crippen LogP contribution in [0.5, 0.6) is 11.5 Å². The fourth-order valence-electron chi connectivity index (χ4n) is 6.74. The summed E-state index contributed by atoms with van der Waals surface area (Å²) in [7, 11) is 0.571. The number of carbonyl (C=O) groups is 1. The van der Waals surface area contributed by atoms with E-state index in [-0.39, 0.29) is 5.56 Å². The van der Waals surface area contributed by atoms with Gasteiger partial charge in [-0.25, -0.2) is 4.79 Å². The largest absolute Gasteiger partial charge is 0.697 e. The number of methoxy groups -OCH3 is 3. The molecule has 6 rings (SSSR count). The smallest absolute Gasteiger partial charge is 0.497 e. The minimum Gasteiger partial charge on any atom is -0.497 e. The Morgan fingerprint density at radius 2 is 1.36 bits per heavy atom. The van der Waals surface area contributed by atoms with Gasteiger partial charge in [-0.05, 0) is 41.0 Å². The first-order valence-corrected chi connectivity index (χ1v) is 17.4. The van der Waals surface area contributed by atoms with Crippen LogP contribution >= 0.6 is 8.25 Å². The molecule has 5 aromatic rings. The van der Waals surface area contributed by atoms with Crippen LogP contribution in [0.4, 0.5) is 0 Å². The standard InChI is InChI=1S/C38H35N2O12P/c1-47-29-18-14-27(15-19-29)36(26-12-8-5-9-13-26,28-16-20-30(48-2)21-17-28)50-24-31-38(44,52-53(45)46)34(49-3)37(51-31,33(42)25-10-6-4-7-11-25)40-23-22-32(41)39-35(40)43/h4-23,31,34,44H,24H2,1-3H3,(H-,39,41,43,45,46)/p+1/t31-,34+,37-,38+/m1/s1. The van der Waals surface area contributed by atoms with Crippen LogP contribution in [0.2, 0.25) is 0 Å². The lowest BCUT2D eigenvalue weighted by molar-refractivity contribution is -0.230. The molecule has 1 saturated heterocycles. The quantitative estimate of drug-likeness (QED) is 0.0647. The first kappa shape index (κ1) is 37.4. The number of H-pyrrole nitrogens is 1. The zero-order chi connectivity index (χ0) is 37.8. The Bertz CT molecular complexity index is 2130. The lowest BCUT2D eigenvalue weighted by Crippen LogP contribution is -2.60. The summed E-state index contributed by atoms with van der Waals surface area (Å²) in [6, 6.07) is 31.9. The number of aliphatic hydroxyl groups is 1. The van der Waals surface area contributed by atoms with Gasteiger partial charge < -0.3 is 28.8 Å². The molecule has 274 valence electrons. The summed E-state index contributed by atoms with van der Waals surface area (Å²) in [5.41, 5.74) is -4.17. The summed E-state index contributed by atoms with van der Waals surface area (Å²) in [5.74, 6) is -2.70. The van der Waals surface area contributed by atoms with Crippen molar-refractivity contribution in [2.75, 3.05) is 27.9 Å². The van der Waals surface area contributed by atoms with Crippen LogP contribution in [-0.4, -0.2) is 71.3 Å². The molecule has 1 unspecified atom stereocenters. The van der Waals surface area contributed by atoms with E-state index in [1.165, 1.54) is 26.4 Å². The van der Waals surface area contributed by atoms with Crippen molar-refractivity contribution in [1.29, 1.82) is 0 Å². The first-order chi connectivity index (χ1) is 25.5. The average Bonchev–Trinajstić information content (AvgIpc) is 3.42. The number of nitrogens with one attached hydrogen (secondary N) is 1. The summed E-state index contributed by atoms with van der Waals surface area (Å²) in [6.07, 6.45) is -2.82. The van der Waals surface area contributed by atoms with E-state index in [0.717, 1.165) is 23.9 Å². The minimum absolute atomic E-state index is 0.0139. The van der Waals surface area contributed by atoms with E-state index in [0.29, 0.717) is 28.2 Å². The molecule has 3 N–H and O–H groups in total. The molecule has 0 aliphatic carbocycles. The number of Topliss-reactive ketones (excluding diaryl/α,β-unsaturated/α-hetero) is 1. The maximum Gasteiger partial charge on any atom is 0.697 e. The second-order valence-corrected chi connectivity index (χ2v) is 12.6. The molecular weight excluding hydrogens is 707 g/mol. The Morgan fingerprint density at radius 3 is 1.85 bits per heavy atom. The molecule has 1 aromatic heterocycles. The molecule has 15 heteroatoms. The van der Waals surface area contributed by atoms with Gasteiger partial charge in [-0.3, -0.25) is 19.1 Å². The Hall–Kier alpha value is -5.31. The number of hydrogen-bond acceptors (Lipinski definition) is 11. The maximum atomic E-state index is 14.7. The molecular formula is C38H36N2O12P+. The topological polar surface area (TPSA) is 185 Å². The molecule has 1 fully saturated rings. The maximum absolute atomic E-state index is 14.7. The monoisotopic (exact) mass is 743 g/mol. The number of aromatic amines is 1. The summed E-state index contributed by atoms with van der Waals surface area (Å²) in [5, 5.41) is 12.4. The summed E-state index contributed by atoms with van der Waals surface area (Å²) < 4.78 is 48.4. The zero-order valence-corrected chi connectivity index (χ0v) is 29.7. The summed E-state index contributed by atoms with van der Waals surface area (Å²) in [4.78, 5) is 52.5. The molecule has 1 aliphatic heterocycles. The molecule has 2 heterocycles. The van der Waals surface area contributed by atoms with Crippen molar-refractivity contribution in [3.05, 3.63) is 165 Å². The van der Waals surface area contributed by atoms with Crippen LogP contribution < -0.4 is 20.7 Å². The first-order valence-electron chi connectivity index (χ1n) is 16.2. The van der Waals surface area contributed by atoms with Crippen molar-refractivity contribution in [1.82, 2.24) is 9.55 Å². The molecule has 0 radical (unpaired) electrons. The number of carbonyl (C=O) groups excluding carboxylic acids is 1. The van der Waals surface area contributed by atoms with E-state index >= 15 is 0 Å². The van der Waals surface area contributed by atoms with Crippen molar-refractivity contribution in [3.63, 3.8) is 0 Å². The normalized spacial score (nSPS) is 21.6. The van der Waals surface area contributed by atoms with Gasteiger partial charge in [-0.2, -0.15) is 0 Å². The van der Waals surface area contributed by atoms with Crippen molar-refractivity contribution in [2.24, 2.45) is 0 Å². The van der Waals surface area contributed by atoms with Crippen molar-refractivity contribution < 1.29 is 47.6 Å². The minimum atomic E-state index is -3.60. The van der Waals surface area contributed by atoms with Crippen LogP contribution in [0.15, 0.2) is 131 Å². The highest BCUT2D eigenvalue weighted by atomic mass is 31.1. The van der Waals surface area contributed by atoms with Crippen molar-refractivity contribution in [3.8, 4) is 11.5 Å². The van der Waals surface area contributed by atoms with E-state index < -0.39 is 61.2 Å². The molecule has 0 amide bonds. The third-order valence-electron chi connectivity index (χ3n) is 9.14. The second kappa shape index (κ2) is 15.3. The van der Waals surface area contributed by atoms with E-state index in [1.807, 2.05) is 30.3 Å². The van der Waals surface area contributed by atoms with Gasteiger partial charge in [0.25, 0.3) is 11.3 Å². The van der Waals surface area contributed by atoms with E-state index in [4.69, 9.17) is 28.2 Å². The van der Waals surface area contributed by atoms with Gasteiger partial charge in [0.15, 0.2) is 6.10 Å². The van der Waals surface area contributed by atoms with Gasteiger partial charge in [0.05, 0.1) is 20.8 Å². The number of aromatic nitrogens is 2. The summed E-state index contributed by atoms with van der Waals surface area (Å²) in [6.45, 7) is -0.644. The van der Waals surface area contributed by atoms with Crippen LogP contribution in [0.25, 0.3) is 0 Å². The lowest BCUT2D eigenvalue weighted by Gasteiger charge is -2.37. The fourth-order valence-corrected chi connectivity index (χ4v) is 7.20. The van der Waals surface area contributed by atoms with Crippen molar-refractivity contribution in [2.45, 2.75) is 29.3 Å². The number of ether oxygens (including phenoxy) is 5. The predicted molar refractivity (Wildman–Crippen MR) is 190 cm³/mol. The fraction of sp³-hybridized carbons (Fsp3) is 0.237. The van der Waals surface area contributed by atoms with Crippen LogP contribution in [-0.2, 0) is 34.6 Å². The zero-order valence-electron chi connectivity index (χ0n) is 28.8. The van der Waals surface area contributed by atoms with Crippen molar-refractivity contribution >= 4 is 14.0 Å². The molecule has 14 nitrogen and oxygen atoms in total. The molecule has 0 saturated carbocycles. The molecule has 4 aromatic carbocycles.